The topological polar surface area (TPSA) is 82.2 Å². The van der Waals surface area contributed by atoms with Gasteiger partial charge in [-0.25, -0.2) is 14.0 Å². The average Bonchev–Trinajstić information content (AvgIpc) is 3.13. The summed E-state index contributed by atoms with van der Waals surface area (Å²) in [5, 5.41) is 2.97. The van der Waals surface area contributed by atoms with Crippen LogP contribution >= 0.6 is 0 Å². The first-order chi connectivity index (χ1) is 17.8. The summed E-state index contributed by atoms with van der Waals surface area (Å²) in [6.45, 7) is 6.59. The molecule has 0 radical (unpaired) electrons. The number of esters is 1. The Hall–Kier alpha value is -3.72. The third kappa shape index (κ3) is 5.83. The zero-order chi connectivity index (χ0) is 26.5. The van der Waals surface area contributed by atoms with Crippen molar-refractivity contribution in [3.05, 3.63) is 82.3 Å². The second-order valence-corrected chi connectivity index (χ2v) is 9.31. The molecule has 37 heavy (non-hydrogen) atoms. The van der Waals surface area contributed by atoms with Crippen molar-refractivity contribution in [2.45, 2.75) is 26.3 Å². The SMILES string of the molecule is CCOC(=O)C1=C(CN2CCCN(C(=O)c3ccc(F)cc3)CC2)N(C)C(=O)N[C@H]1c1ccccc1C. The number of ether oxygens (including phenoxy) is 1. The van der Waals surface area contributed by atoms with E-state index < -0.39 is 12.0 Å². The average molecular weight is 509 g/mol. The van der Waals surface area contributed by atoms with Crippen LogP contribution in [-0.4, -0.2) is 79.0 Å². The Morgan fingerprint density at radius 2 is 1.78 bits per heavy atom. The van der Waals surface area contributed by atoms with E-state index in [9.17, 15) is 18.8 Å². The summed E-state index contributed by atoms with van der Waals surface area (Å²) in [4.78, 5) is 44.6. The molecule has 1 atom stereocenters. The van der Waals surface area contributed by atoms with E-state index in [1.54, 1.807) is 18.9 Å². The standard InChI is InChI=1S/C28H33FN4O4/c1-4-37-27(35)24-23(31(3)28(36)30-25(24)22-9-6-5-8-19(22)2)18-32-14-7-15-33(17-16-32)26(34)20-10-12-21(29)13-11-20/h5-6,8-13,25H,4,7,14-18H2,1-3H3,(H,30,36)/t25-/m0/s1. The Bertz CT molecular complexity index is 1200. The van der Waals surface area contributed by atoms with Gasteiger partial charge in [0.05, 0.1) is 18.2 Å². The molecule has 0 aliphatic carbocycles. The van der Waals surface area contributed by atoms with E-state index in [4.69, 9.17) is 4.74 Å². The fraction of sp³-hybridized carbons (Fsp3) is 0.393. The summed E-state index contributed by atoms with van der Waals surface area (Å²) in [5.41, 5.74) is 3.27. The maximum absolute atomic E-state index is 13.3. The van der Waals surface area contributed by atoms with Crippen molar-refractivity contribution in [2.24, 2.45) is 0 Å². The lowest BCUT2D eigenvalue weighted by molar-refractivity contribution is -0.139. The molecule has 1 N–H and O–H groups in total. The molecule has 0 aromatic heterocycles. The van der Waals surface area contributed by atoms with E-state index in [1.165, 1.54) is 29.2 Å². The third-order valence-electron chi connectivity index (χ3n) is 6.91. The summed E-state index contributed by atoms with van der Waals surface area (Å²) >= 11 is 0. The van der Waals surface area contributed by atoms with Crippen LogP contribution in [-0.2, 0) is 9.53 Å². The van der Waals surface area contributed by atoms with Crippen LogP contribution < -0.4 is 5.32 Å². The molecule has 2 aliphatic heterocycles. The molecule has 3 amide bonds. The molecule has 0 spiro atoms. The molecule has 8 nitrogen and oxygen atoms in total. The zero-order valence-electron chi connectivity index (χ0n) is 21.5. The molecule has 1 fully saturated rings. The minimum Gasteiger partial charge on any atom is -0.463 e. The maximum atomic E-state index is 13.3. The Kier molecular flexibility index (Phi) is 8.23. The van der Waals surface area contributed by atoms with Gasteiger partial charge in [-0.2, -0.15) is 0 Å². The molecule has 2 aromatic carbocycles. The first kappa shape index (κ1) is 26.3. The number of nitrogens with one attached hydrogen (secondary N) is 1. The lowest BCUT2D eigenvalue weighted by Crippen LogP contribution is -2.49. The van der Waals surface area contributed by atoms with Gasteiger partial charge in [-0.15, -0.1) is 0 Å². The van der Waals surface area contributed by atoms with E-state index in [0.29, 0.717) is 49.6 Å². The molecule has 2 heterocycles. The highest BCUT2D eigenvalue weighted by Gasteiger charge is 2.38. The van der Waals surface area contributed by atoms with Crippen molar-refractivity contribution in [3.8, 4) is 0 Å². The molecular weight excluding hydrogens is 475 g/mol. The van der Waals surface area contributed by atoms with E-state index in [1.807, 2.05) is 31.2 Å². The number of nitrogens with zero attached hydrogens (tertiary/aromatic N) is 3. The quantitative estimate of drug-likeness (QED) is 0.604. The molecule has 0 unspecified atom stereocenters. The van der Waals surface area contributed by atoms with Crippen molar-refractivity contribution in [1.82, 2.24) is 20.0 Å². The van der Waals surface area contributed by atoms with Gasteiger partial charge in [-0.05, 0) is 55.7 Å². The second kappa shape index (κ2) is 11.6. The third-order valence-corrected chi connectivity index (χ3v) is 6.91. The fourth-order valence-electron chi connectivity index (χ4n) is 4.86. The van der Waals surface area contributed by atoms with Crippen molar-refractivity contribution in [2.75, 3.05) is 46.4 Å². The second-order valence-electron chi connectivity index (χ2n) is 9.31. The van der Waals surface area contributed by atoms with Crippen molar-refractivity contribution < 1.29 is 23.5 Å². The highest BCUT2D eigenvalue weighted by molar-refractivity contribution is 5.95. The van der Waals surface area contributed by atoms with Crippen LogP contribution in [0.25, 0.3) is 0 Å². The largest absolute Gasteiger partial charge is 0.463 e. The number of urea groups is 1. The van der Waals surface area contributed by atoms with Crippen LogP contribution in [0.15, 0.2) is 59.8 Å². The minimum absolute atomic E-state index is 0.137. The Balaban J connectivity index is 1.59. The molecule has 0 bridgehead atoms. The van der Waals surface area contributed by atoms with Gasteiger partial charge in [0.2, 0.25) is 0 Å². The molecule has 1 saturated heterocycles. The molecule has 196 valence electrons. The number of amides is 3. The summed E-state index contributed by atoms with van der Waals surface area (Å²) < 4.78 is 18.7. The maximum Gasteiger partial charge on any atom is 0.338 e. The summed E-state index contributed by atoms with van der Waals surface area (Å²) in [6.07, 6.45) is 0.728. The lowest BCUT2D eigenvalue weighted by Gasteiger charge is -2.37. The smallest absolute Gasteiger partial charge is 0.338 e. The van der Waals surface area contributed by atoms with Gasteiger partial charge in [0, 0.05) is 51.0 Å². The van der Waals surface area contributed by atoms with Gasteiger partial charge in [-0.1, -0.05) is 24.3 Å². The van der Waals surface area contributed by atoms with Crippen molar-refractivity contribution in [3.63, 3.8) is 0 Å². The molecule has 4 rings (SSSR count). The number of halogens is 1. The van der Waals surface area contributed by atoms with Crippen molar-refractivity contribution in [1.29, 1.82) is 0 Å². The van der Waals surface area contributed by atoms with Crippen LogP contribution in [0.3, 0.4) is 0 Å². The number of carbonyl (C=O) groups excluding carboxylic acids is 3. The fourth-order valence-corrected chi connectivity index (χ4v) is 4.86. The number of likely N-dealkylation sites (N-methyl/N-ethyl adjacent to an activating group) is 1. The molecule has 9 heteroatoms. The number of hydrogen-bond acceptors (Lipinski definition) is 5. The van der Waals surface area contributed by atoms with Gasteiger partial charge in [-0.3, -0.25) is 14.6 Å². The first-order valence-corrected chi connectivity index (χ1v) is 12.6. The van der Waals surface area contributed by atoms with E-state index >= 15 is 0 Å². The van der Waals surface area contributed by atoms with Crippen LogP contribution in [0.5, 0.6) is 0 Å². The summed E-state index contributed by atoms with van der Waals surface area (Å²) in [6, 6.07) is 12.3. The van der Waals surface area contributed by atoms with Crippen LogP contribution in [0.2, 0.25) is 0 Å². The van der Waals surface area contributed by atoms with Crippen molar-refractivity contribution >= 4 is 17.9 Å². The van der Waals surface area contributed by atoms with Gasteiger partial charge < -0.3 is 15.0 Å². The number of rotatable bonds is 6. The van der Waals surface area contributed by atoms with Gasteiger partial charge in [0.1, 0.15) is 5.82 Å². The normalized spacial score (nSPS) is 18.9. The van der Waals surface area contributed by atoms with Crippen LogP contribution in [0, 0.1) is 12.7 Å². The Morgan fingerprint density at radius 3 is 2.49 bits per heavy atom. The Labute approximate surface area is 216 Å². The molecular formula is C28H33FN4O4. The lowest BCUT2D eigenvalue weighted by atomic mass is 9.91. The highest BCUT2D eigenvalue weighted by Crippen LogP contribution is 2.33. The Morgan fingerprint density at radius 1 is 1.05 bits per heavy atom. The van der Waals surface area contributed by atoms with Gasteiger partial charge in [0.15, 0.2) is 0 Å². The monoisotopic (exact) mass is 508 g/mol. The van der Waals surface area contributed by atoms with Gasteiger partial charge in [0.25, 0.3) is 5.91 Å². The summed E-state index contributed by atoms with van der Waals surface area (Å²) in [7, 11) is 1.65. The van der Waals surface area contributed by atoms with E-state index in [0.717, 1.165) is 17.5 Å². The predicted molar refractivity (Wildman–Crippen MR) is 137 cm³/mol. The number of hydrogen-bond donors (Lipinski definition) is 1. The number of aryl methyl sites for hydroxylation is 1. The van der Waals surface area contributed by atoms with Crippen LogP contribution in [0.4, 0.5) is 9.18 Å². The molecule has 2 aromatic rings. The summed E-state index contributed by atoms with van der Waals surface area (Å²) in [5.74, 6) is -0.975. The predicted octanol–water partition coefficient (Wildman–Crippen LogP) is 3.50. The van der Waals surface area contributed by atoms with Gasteiger partial charge >= 0.3 is 12.0 Å². The zero-order valence-corrected chi connectivity index (χ0v) is 21.5. The first-order valence-electron chi connectivity index (χ1n) is 12.6. The minimum atomic E-state index is -0.623. The molecule has 2 aliphatic rings. The van der Waals surface area contributed by atoms with E-state index in [-0.39, 0.29) is 24.4 Å². The number of benzene rings is 2. The van der Waals surface area contributed by atoms with E-state index in [2.05, 4.69) is 10.2 Å². The highest BCUT2D eigenvalue weighted by atomic mass is 19.1. The number of carbonyl (C=O) groups is 3. The van der Waals surface area contributed by atoms with Crippen LogP contribution in [0.1, 0.15) is 40.9 Å². The molecule has 0 saturated carbocycles.